The molecule has 3 rings (SSSR count). The van der Waals surface area contributed by atoms with Crippen molar-refractivity contribution in [3.05, 3.63) is 29.3 Å². The number of ether oxygens (including phenoxy) is 1. The molecule has 1 saturated carbocycles. The maximum Gasteiger partial charge on any atom is 0.335 e. The lowest BCUT2D eigenvalue weighted by Crippen LogP contribution is -2.40. The number of nitrogens with zero attached hydrogens (tertiary/aromatic N) is 1. The molecule has 1 heterocycles. The van der Waals surface area contributed by atoms with Gasteiger partial charge in [-0.05, 0) is 76.6 Å². The fraction of sp³-hybridized carbons (Fsp3) is 0.682. The highest BCUT2D eigenvalue weighted by molar-refractivity contribution is 5.88. The average molecular weight is 360 g/mol. The average Bonchev–Trinajstić information content (AvgIpc) is 2.65. The molecule has 2 aliphatic rings. The topological polar surface area (TPSA) is 49.8 Å². The zero-order chi connectivity index (χ0) is 18.5. The van der Waals surface area contributed by atoms with Gasteiger partial charge < -0.3 is 9.84 Å². The van der Waals surface area contributed by atoms with E-state index in [0.717, 1.165) is 37.1 Å². The fourth-order valence-electron chi connectivity index (χ4n) is 4.63. The van der Waals surface area contributed by atoms with Gasteiger partial charge in [0.05, 0.1) is 11.7 Å². The number of benzene rings is 1. The normalized spacial score (nSPS) is 23.5. The van der Waals surface area contributed by atoms with E-state index in [-0.39, 0.29) is 12.1 Å². The van der Waals surface area contributed by atoms with Crippen molar-refractivity contribution >= 4 is 5.97 Å². The van der Waals surface area contributed by atoms with E-state index in [9.17, 15) is 9.90 Å². The van der Waals surface area contributed by atoms with E-state index in [1.807, 2.05) is 12.1 Å². The minimum Gasteiger partial charge on any atom is -0.490 e. The van der Waals surface area contributed by atoms with Crippen molar-refractivity contribution < 1.29 is 14.6 Å². The van der Waals surface area contributed by atoms with Crippen LogP contribution in [0.3, 0.4) is 0 Å². The lowest BCUT2D eigenvalue weighted by Gasteiger charge is -2.40. The van der Waals surface area contributed by atoms with E-state index in [2.05, 4.69) is 18.7 Å². The number of carboxylic acids is 1. The summed E-state index contributed by atoms with van der Waals surface area (Å²) in [4.78, 5) is 14.1. The number of piperidine rings is 1. The maximum absolute atomic E-state index is 11.6. The molecule has 1 N–H and O–H groups in total. The minimum absolute atomic E-state index is 0.225. The summed E-state index contributed by atoms with van der Waals surface area (Å²) < 4.78 is 6.41. The second-order valence-electron chi connectivity index (χ2n) is 7.94. The van der Waals surface area contributed by atoms with Crippen molar-refractivity contribution in [3.8, 4) is 5.75 Å². The molecule has 1 aromatic carbocycles. The third-order valence-corrected chi connectivity index (χ3v) is 6.10. The van der Waals surface area contributed by atoms with Crippen LogP contribution >= 0.6 is 0 Å². The fourth-order valence-corrected chi connectivity index (χ4v) is 4.63. The molecule has 1 aliphatic heterocycles. The zero-order valence-corrected chi connectivity index (χ0v) is 16.2. The molecular formula is C22H33NO3. The van der Waals surface area contributed by atoms with Gasteiger partial charge in [0.25, 0.3) is 0 Å². The monoisotopic (exact) mass is 359 g/mol. The van der Waals surface area contributed by atoms with Crippen LogP contribution in [0.2, 0.25) is 0 Å². The first kappa shape index (κ1) is 19.2. The van der Waals surface area contributed by atoms with Gasteiger partial charge in [-0.15, -0.1) is 0 Å². The SMILES string of the molecule is CCC(c1cc(C(=O)O)ccc1OC1CCCCC1)N1CCCCC1C. The second kappa shape index (κ2) is 8.90. The Labute approximate surface area is 157 Å². The number of likely N-dealkylation sites (tertiary alicyclic amines) is 1. The lowest BCUT2D eigenvalue weighted by molar-refractivity contribution is 0.0695. The predicted octanol–water partition coefficient (Wildman–Crippen LogP) is 5.42. The molecule has 4 nitrogen and oxygen atoms in total. The van der Waals surface area contributed by atoms with Crippen molar-refractivity contribution in [2.24, 2.45) is 0 Å². The molecule has 1 aromatic rings. The quantitative estimate of drug-likeness (QED) is 0.736. The number of carboxylic acid groups (broad SMARTS) is 1. The molecule has 4 heteroatoms. The molecule has 144 valence electrons. The van der Waals surface area contributed by atoms with E-state index in [1.54, 1.807) is 6.07 Å². The maximum atomic E-state index is 11.6. The van der Waals surface area contributed by atoms with Gasteiger partial charge in [-0.2, -0.15) is 0 Å². The Morgan fingerprint density at radius 2 is 1.92 bits per heavy atom. The molecule has 26 heavy (non-hydrogen) atoms. The summed E-state index contributed by atoms with van der Waals surface area (Å²) in [5.74, 6) is 0.0311. The molecular weight excluding hydrogens is 326 g/mol. The van der Waals surface area contributed by atoms with Crippen LogP contribution in [0, 0.1) is 0 Å². The standard InChI is InChI=1S/C22H33NO3/c1-3-20(23-14-8-7-9-16(23)2)19-15-17(22(24)25)12-13-21(19)26-18-10-5-4-6-11-18/h12-13,15-16,18,20H,3-11,14H2,1-2H3,(H,24,25). The van der Waals surface area contributed by atoms with Gasteiger partial charge in [-0.3, -0.25) is 4.90 Å². The highest BCUT2D eigenvalue weighted by Crippen LogP contribution is 2.37. The third-order valence-electron chi connectivity index (χ3n) is 6.10. The number of carbonyl (C=O) groups is 1. The van der Waals surface area contributed by atoms with Crippen molar-refractivity contribution in [2.75, 3.05) is 6.54 Å². The Balaban J connectivity index is 1.91. The molecule has 0 aromatic heterocycles. The largest absolute Gasteiger partial charge is 0.490 e. The van der Waals surface area contributed by atoms with E-state index < -0.39 is 5.97 Å². The van der Waals surface area contributed by atoms with Crippen molar-refractivity contribution in [3.63, 3.8) is 0 Å². The molecule has 0 radical (unpaired) electrons. The summed E-state index contributed by atoms with van der Waals surface area (Å²) in [6, 6.07) is 6.20. The first-order chi connectivity index (χ1) is 12.6. The zero-order valence-electron chi connectivity index (χ0n) is 16.2. The Kier molecular flexibility index (Phi) is 6.58. The Morgan fingerprint density at radius 3 is 2.58 bits per heavy atom. The number of aromatic carboxylic acids is 1. The van der Waals surface area contributed by atoms with Crippen LogP contribution in [0.25, 0.3) is 0 Å². The summed E-state index contributed by atoms with van der Waals surface area (Å²) in [7, 11) is 0. The van der Waals surface area contributed by atoms with Gasteiger partial charge in [0.15, 0.2) is 0 Å². The smallest absolute Gasteiger partial charge is 0.335 e. The van der Waals surface area contributed by atoms with Crippen molar-refractivity contribution in [1.29, 1.82) is 0 Å². The molecule has 2 unspecified atom stereocenters. The lowest BCUT2D eigenvalue weighted by atomic mass is 9.93. The highest BCUT2D eigenvalue weighted by atomic mass is 16.5. The predicted molar refractivity (Wildman–Crippen MR) is 104 cm³/mol. The van der Waals surface area contributed by atoms with Crippen LogP contribution < -0.4 is 4.74 Å². The van der Waals surface area contributed by atoms with Crippen LogP contribution in [0.15, 0.2) is 18.2 Å². The molecule has 1 saturated heterocycles. The van der Waals surface area contributed by atoms with Crippen LogP contribution in [0.5, 0.6) is 5.75 Å². The number of hydrogen-bond acceptors (Lipinski definition) is 3. The van der Waals surface area contributed by atoms with Crippen LogP contribution in [-0.4, -0.2) is 34.7 Å². The number of rotatable bonds is 6. The number of hydrogen-bond donors (Lipinski definition) is 1. The van der Waals surface area contributed by atoms with Crippen molar-refractivity contribution in [1.82, 2.24) is 4.90 Å². The van der Waals surface area contributed by atoms with E-state index in [1.165, 1.54) is 38.5 Å². The van der Waals surface area contributed by atoms with Gasteiger partial charge in [-0.25, -0.2) is 4.79 Å². The summed E-state index contributed by atoms with van der Waals surface area (Å²) in [5, 5.41) is 9.48. The summed E-state index contributed by atoms with van der Waals surface area (Å²) >= 11 is 0. The van der Waals surface area contributed by atoms with Crippen LogP contribution in [0.1, 0.15) is 93.6 Å². The van der Waals surface area contributed by atoms with E-state index in [4.69, 9.17) is 4.74 Å². The van der Waals surface area contributed by atoms with Gasteiger partial charge in [0, 0.05) is 17.6 Å². The summed E-state index contributed by atoms with van der Waals surface area (Å²) in [5.41, 5.74) is 1.42. The molecule has 2 fully saturated rings. The van der Waals surface area contributed by atoms with Crippen LogP contribution in [-0.2, 0) is 0 Å². The second-order valence-corrected chi connectivity index (χ2v) is 7.94. The minimum atomic E-state index is -0.864. The van der Waals surface area contributed by atoms with Gasteiger partial charge in [0.1, 0.15) is 5.75 Å². The Bertz CT molecular complexity index is 609. The molecule has 2 atom stereocenters. The van der Waals surface area contributed by atoms with Crippen LogP contribution in [0.4, 0.5) is 0 Å². The Morgan fingerprint density at radius 1 is 1.19 bits per heavy atom. The molecule has 0 amide bonds. The Hall–Kier alpha value is -1.55. The van der Waals surface area contributed by atoms with Gasteiger partial charge in [0.2, 0.25) is 0 Å². The van der Waals surface area contributed by atoms with E-state index in [0.29, 0.717) is 11.6 Å². The van der Waals surface area contributed by atoms with Crippen molar-refractivity contribution in [2.45, 2.75) is 89.8 Å². The molecule has 1 aliphatic carbocycles. The summed E-state index contributed by atoms with van der Waals surface area (Å²) in [6.45, 7) is 5.58. The molecule has 0 bridgehead atoms. The summed E-state index contributed by atoms with van der Waals surface area (Å²) in [6.07, 6.45) is 10.9. The third kappa shape index (κ3) is 4.40. The highest BCUT2D eigenvalue weighted by Gasteiger charge is 2.29. The van der Waals surface area contributed by atoms with E-state index >= 15 is 0 Å². The van der Waals surface area contributed by atoms with Gasteiger partial charge in [-0.1, -0.05) is 19.8 Å². The van der Waals surface area contributed by atoms with Gasteiger partial charge >= 0.3 is 5.97 Å². The molecule has 0 spiro atoms. The first-order valence-electron chi connectivity index (χ1n) is 10.4. The first-order valence-corrected chi connectivity index (χ1v) is 10.4.